The Kier molecular flexibility index (Phi) is 4.01. The molecular formula is C12H8F3NO5. The van der Waals surface area contributed by atoms with E-state index >= 15 is 0 Å². The van der Waals surface area contributed by atoms with Crippen molar-refractivity contribution in [2.24, 2.45) is 0 Å². The average molecular weight is 303 g/mol. The molecule has 0 aliphatic carbocycles. The Bertz CT molecular complexity index is 638. The average Bonchev–Trinajstić information content (AvgIpc) is 2.83. The number of benzene rings is 1. The van der Waals surface area contributed by atoms with Crippen LogP contribution in [0.1, 0.15) is 16.2 Å². The zero-order chi connectivity index (χ0) is 15.5. The smallest absolute Gasteiger partial charge is 0.485 e. The highest BCUT2D eigenvalue weighted by Crippen LogP contribution is 2.26. The van der Waals surface area contributed by atoms with Gasteiger partial charge in [0.1, 0.15) is 18.1 Å². The molecular weight excluding hydrogens is 295 g/mol. The van der Waals surface area contributed by atoms with Crippen molar-refractivity contribution in [1.29, 1.82) is 0 Å². The summed E-state index contributed by atoms with van der Waals surface area (Å²) in [4.78, 5) is 10.6. The first-order valence-electron chi connectivity index (χ1n) is 5.51. The molecule has 6 nitrogen and oxygen atoms in total. The van der Waals surface area contributed by atoms with Gasteiger partial charge in [-0.3, -0.25) is 0 Å². The number of nitrogens with zero attached hydrogens (tertiary/aromatic N) is 1. The van der Waals surface area contributed by atoms with Crippen LogP contribution >= 0.6 is 0 Å². The molecule has 21 heavy (non-hydrogen) atoms. The predicted molar refractivity (Wildman–Crippen MR) is 60.9 cm³/mol. The molecule has 2 aromatic rings. The Morgan fingerprint density at radius 1 is 1.29 bits per heavy atom. The van der Waals surface area contributed by atoms with Gasteiger partial charge in [-0.2, -0.15) is 0 Å². The quantitative estimate of drug-likeness (QED) is 0.914. The van der Waals surface area contributed by atoms with Crippen LogP contribution in [-0.4, -0.2) is 22.6 Å². The molecule has 0 aliphatic rings. The SMILES string of the molecule is O=C(O)c1cc(COc2cccc(OC(F)(F)F)c2)on1. The molecule has 0 spiro atoms. The van der Waals surface area contributed by atoms with E-state index in [0.717, 1.165) is 18.2 Å². The predicted octanol–water partition coefficient (Wildman–Crippen LogP) is 2.85. The van der Waals surface area contributed by atoms with Crippen molar-refractivity contribution in [2.75, 3.05) is 0 Å². The Hall–Kier alpha value is -2.71. The number of ether oxygens (including phenoxy) is 2. The van der Waals surface area contributed by atoms with Gasteiger partial charge in [0.15, 0.2) is 11.5 Å². The number of aromatic nitrogens is 1. The summed E-state index contributed by atoms with van der Waals surface area (Å²) >= 11 is 0. The van der Waals surface area contributed by atoms with Crippen molar-refractivity contribution in [3.05, 3.63) is 41.8 Å². The van der Waals surface area contributed by atoms with Crippen molar-refractivity contribution in [3.8, 4) is 11.5 Å². The summed E-state index contributed by atoms with van der Waals surface area (Å²) in [5, 5.41) is 11.9. The number of alkyl halides is 3. The van der Waals surface area contributed by atoms with Crippen molar-refractivity contribution < 1.29 is 37.1 Å². The number of carboxylic acid groups (broad SMARTS) is 1. The molecule has 0 fully saturated rings. The lowest BCUT2D eigenvalue weighted by Gasteiger charge is -2.10. The van der Waals surface area contributed by atoms with Crippen molar-refractivity contribution in [3.63, 3.8) is 0 Å². The lowest BCUT2D eigenvalue weighted by atomic mass is 10.3. The highest BCUT2D eigenvalue weighted by molar-refractivity contribution is 5.85. The Labute approximate surface area is 115 Å². The molecule has 9 heteroatoms. The summed E-state index contributed by atoms with van der Waals surface area (Å²) in [6.45, 7) is -0.185. The van der Waals surface area contributed by atoms with Gasteiger partial charge in [-0.1, -0.05) is 11.2 Å². The third-order valence-corrected chi connectivity index (χ3v) is 2.20. The fraction of sp³-hybridized carbons (Fsp3) is 0.167. The number of rotatable bonds is 5. The minimum Gasteiger partial charge on any atom is -0.485 e. The number of hydrogen-bond acceptors (Lipinski definition) is 5. The van der Waals surface area contributed by atoms with Crippen LogP contribution in [0, 0.1) is 0 Å². The van der Waals surface area contributed by atoms with Gasteiger partial charge in [0.2, 0.25) is 0 Å². The molecule has 0 bridgehead atoms. The van der Waals surface area contributed by atoms with Crippen LogP contribution in [0.2, 0.25) is 0 Å². The third-order valence-electron chi connectivity index (χ3n) is 2.20. The first kappa shape index (κ1) is 14.7. The highest BCUT2D eigenvalue weighted by Gasteiger charge is 2.31. The molecule has 0 atom stereocenters. The van der Waals surface area contributed by atoms with Crippen molar-refractivity contribution in [1.82, 2.24) is 5.16 Å². The van der Waals surface area contributed by atoms with Crippen molar-refractivity contribution in [2.45, 2.75) is 13.0 Å². The second-order valence-electron chi connectivity index (χ2n) is 3.79. The van der Waals surface area contributed by atoms with Crippen LogP contribution in [0.5, 0.6) is 11.5 Å². The van der Waals surface area contributed by atoms with Crippen LogP contribution in [0.15, 0.2) is 34.9 Å². The number of carbonyl (C=O) groups is 1. The molecule has 1 N–H and O–H groups in total. The van der Waals surface area contributed by atoms with E-state index in [2.05, 4.69) is 9.89 Å². The van der Waals surface area contributed by atoms with Gasteiger partial charge in [-0.15, -0.1) is 13.2 Å². The molecule has 0 unspecified atom stereocenters. The topological polar surface area (TPSA) is 81.8 Å². The number of hydrogen-bond donors (Lipinski definition) is 1. The number of halogens is 3. The Morgan fingerprint density at radius 2 is 2.00 bits per heavy atom. The maximum atomic E-state index is 12.1. The summed E-state index contributed by atoms with van der Waals surface area (Å²) in [5.74, 6) is -1.46. The lowest BCUT2D eigenvalue weighted by Crippen LogP contribution is -2.17. The summed E-state index contributed by atoms with van der Waals surface area (Å²) in [6, 6.07) is 6.05. The summed E-state index contributed by atoms with van der Waals surface area (Å²) in [6.07, 6.45) is -4.79. The monoisotopic (exact) mass is 303 g/mol. The molecule has 2 rings (SSSR count). The summed E-state index contributed by atoms with van der Waals surface area (Å²) < 4.78 is 49.8. The second kappa shape index (κ2) is 5.73. The van der Waals surface area contributed by atoms with Gasteiger partial charge in [0, 0.05) is 12.1 Å². The number of aromatic carboxylic acids is 1. The van der Waals surface area contributed by atoms with Gasteiger partial charge < -0.3 is 19.1 Å². The third kappa shape index (κ3) is 4.41. The van der Waals surface area contributed by atoms with E-state index in [4.69, 9.17) is 14.4 Å². The van der Waals surface area contributed by atoms with E-state index in [0.29, 0.717) is 0 Å². The molecule has 0 saturated carbocycles. The van der Waals surface area contributed by atoms with Gasteiger partial charge in [0.05, 0.1) is 0 Å². The van der Waals surface area contributed by atoms with E-state index in [-0.39, 0.29) is 23.8 Å². The maximum Gasteiger partial charge on any atom is 0.573 e. The molecule has 0 saturated heterocycles. The molecule has 1 aromatic carbocycles. The molecule has 0 radical (unpaired) electrons. The van der Waals surface area contributed by atoms with E-state index in [9.17, 15) is 18.0 Å². The van der Waals surface area contributed by atoms with E-state index < -0.39 is 18.1 Å². The zero-order valence-electron chi connectivity index (χ0n) is 10.3. The van der Waals surface area contributed by atoms with Crippen LogP contribution in [0.3, 0.4) is 0 Å². The summed E-state index contributed by atoms with van der Waals surface area (Å²) in [7, 11) is 0. The first-order valence-corrected chi connectivity index (χ1v) is 5.51. The van der Waals surface area contributed by atoms with E-state index in [1.54, 1.807) is 0 Å². The molecule has 1 aromatic heterocycles. The highest BCUT2D eigenvalue weighted by atomic mass is 19.4. The normalized spacial score (nSPS) is 11.2. The second-order valence-corrected chi connectivity index (χ2v) is 3.79. The standard InChI is InChI=1S/C12H8F3NO5/c13-12(14,15)20-8-3-1-2-7(4-8)19-6-9-5-10(11(17)18)16-21-9/h1-5H,6H2,(H,17,18). The van der Waals surface area contributed by atoms with Gasteiger partial charge in [0.25, 0.3) is 0 Å². The van der Waals surface area contributed by atoms with Crippen molar-refractivity contribution >= 4 is 5.97 Å². The van der Waals surface area contributed by atoms with E-state index in [1.807, 2.05) is 0 Å². The summed E-state index contributed by atoms with van der Waals surface area (Å²) in [5.41, 5.74) is -0.289. The fourth-order valence-electron chi connectivity index (χ4n) is 1.40. The minimum absolute atomic E-state index is 0.102. The first-order chi connectivity index (χ1) is 9.83. The largest absolute Gasteiger partial charge is 0.573 e. The lowest BCUT2D eigenvalue weighted by molar-refractivity contribution is -0.274. The van der Waals surface area contributed by atoms with Crippen LogP contribution in [0.25, 0.3) is 0 Å². The fourth-order valence-corrected chi connectivity index (χ4v) is 1.40. The van der Waals surface area contributed by atoms with Gasteiger partial charge in [-0.25, -0.2) is 4.79 Å². The molecule has 112 valence electrons. The molecule has 0 aliphatic heterocycles. The van der Waals surface area contributed by atoms with Crippen LogP contribution in [-0.2, 0) is 6.61 Å². The molecule has 1 heterocycles. The van der Waals surface area contributed by atoms with Gasteiger partial charge in [-0.05, 0) is 12.1 Å². The Morgan fingerprint density at radius 3 is 2.62 bits per heavy atom. The Balaban J connectivity index is 1.99. The zero-order valence-corrected chi connectivity index (χ0v) is 10.3. The van der Waals surface area contributed by atoms with Crippen LogP contribution in [0.4, 0.5) is 13.2 Å². The van der Waals surface area contributed by atoms with Gasteiger partial charge >= 0.3 is 12.3 Å². The van der Waals surface area contributed by atoms with E-state index in [1.165, 1.54) is 12.1 Å². The molecule has 0 amide bonds. The number of carboxylic acids is 1. The van der Waals surface area contributed by atoms with Crippen LogP contribution < -0.4 is 9.47 Å². The minimum atomic E-state index is -4.79. The maximum absolute atomic E-state index is 12.1.